The van der Waals surface area contributed by atoms with Gasteiger partial charge in [-0.15, -0.1) is 0 Å². The molecule has 0 atom stereocenters. The summed E-state index contributed by atoms with van der Waals surface area (Å²) in [6, 6.07) is 21.2. The van der Waals surface area contributed by atoms with Gasteiger partial charge in [-0.2, -0.15) is 15.3 Å². The topological polar surface area (TPSA) is 223 Å². The lowest BCUT2D eigenvalue weighted by Crippen LogP contribution is -2.22. The molecule has 448 valence electrons. The van der Waals surface area contributed by atoms with E-state index in [2.05, 4.69) is 102 Å². The van der Waals surface area contributed by atoms with Crippen molar-refractivity contribution in [3.63, 3.8) is 0 Å². The van der Waals surface area contributed by atoms with Crippen molar-refractivity contribution in [2.24, 2.45) is 12.8 Å². The highest BCUT2D eigenvalue weighted by Crippen LogP contribution is 2.37. The molecular weight excluding hydrogens is 1120 g/mol. The van der Waals surface area contributed by atoms with Gasteiger partial charge in [0, 0.05) is 80.8 Å². The fraction of sp³-hybridized carbons (Fsp3) is 0.410. The van der Waals surface area contributed by atoms with Crippen LogP contribution in [-0.4, -0.2) is 111 Å². The number of H-pyrrole nitrogens is 2. The highest BCUT2D eigenvalue weighted by atomic mass is 28.3. The summed E-state index contributed by atoms with van der Waals surface area (Å²) in [5, 5.41) is 30.8. The maximum Gasteiger partial charge on any atom is 0.254 e. The number of hydrogen-bond donors (Lipinski definition) is 5. The first kappa shape index (κ1) is 62.9. The molecule has 0 aliphatic heterocycles. The van der Waals surface area contributed by atoms with E-state index in [9.17, 15) is 14.3 Å². The fourth-order valence-electron chi connectivity index (χ4n) is 9.26. The summed E-state index contributed by atoms with van der Waals surface area (Å²) in [5.74, 6) is -0.176. The van der Waals surface area contributed by atoms with Gasteiger partial charge in [-0.3, -0.25) is 14.6 Å². The van der Waals surface area contributed by atoms with E-state index < -0.39 is 35.9 Å². The van der Waals surface area contributed by atoms with Crippen LogP contribution in [-0.2, 0) is 60.7 Å². The molecule has 1 amide bonds. The van der Waals surface area contributed by atoms with Gasteiger partial charge < -0.3 is 44.7 Å². The van der Waals surface area contributed by atoms with Gasteiger partial charge in [-0.25, -0.2) is 23.4 Å². The predicted octanol–water partition coefficient (Wildman–Crippen LogP) is 12.7. The molecule has 0 unspecified atom stereocenters. The molecule has 0 fully saturated rings. The van der Waals surface area contributed by atoms with Crippen molar-refractivity contribution in [3.05, 3.63) is 125 Å². The third kappa shape index (κ3) is 16.4. The van der Waals surface area contributed by atoms with E-state index in [0.717, 1.165) is 90.4 Å². The Labute approximate surface area is 493 Å². The molecule has 18 nitrogen and oxygen atoms in total. The maximum absolute atomic E-state index is 15.5. The molecule has 9 aromatic rings. The number of nitrogens with two attached hydrogens (primary N) is 1. The van der Waals surface area contributed by atoms with Crippen molar-refractivity contribution in [2.45, 2.75) is 130 Å². The van der Waals surface area contributed by atoms with Crippen molar-refractivity contribution >= 4 is 51.9 Å². The summed E-state index contributed by atoms with van der Waals surface area (Å²) in [7, 11) is -1.96. The number of fused-ring (bicyclic) bond motifs is 2. The zero-order valence-corrected chi connectivity index (χ0v) is 53.7. The number of hydrogen-bond acceptors (Lipinski definition) is 12. The number of aryl methyl sites for hydroxylation is 3. The Hall–Kier alpha value is -7.13. The second-order valence-electron chi connectivity index (χ2n) is 24.8. The van der Waals surface area contributed by atoms with E-state index in [1.165, 1.54) is 18.3 Å². The van der Waals surface area contributed by atoms with Gasteiger partial charge in [0.2, 0.25) is 0 Å². The van der Waals surface area contributed by atoms with E-state index in [-0.39, 0.29) is 30.7 Å². The van der Waals surface area contributed by atoms with Crippen molar-refractivity contribution in [1.82, 2.24) is 54.6 Å². The molecule has 5 aromatic heterocycles. The number of amides is 1. The summed E-state index contributed by atoms with van der Waals surface area (Å²) >= 11 is 0. The quantitative estimate of drug-likeness (QED) is 0.0194. The normalized spacial score (nSPS) is 12.1. The summed E-state index contributed by atoms with van der Waals surface area (Å²) in [6.45, 7) is 28.2. The van der Waals surface area contributed by atoms with Gasteiger partial charge in [-0.1, -0.05) is 84.9 Å². The van der Waals surface area contributed by atoms with Gasteiger partial charge in [0.15, 0.2) is 41.6 Å². The number of benzene rings is 4. The molecule has 84 heavy (non-hydrogen) atoms. The number of phenolic OH excluding ortho intramolecular Hbond substituents is 1. The zero-order chi connectivity index (χ0) is 60.5. The van der Waals surface area contributed by atoms with Crippen LogP contribution in [0.2, 0.25) is 77.1 Å². The smallest absolute Gasteiger partial charge is 0.254 e. The molecule has 6 N–H and O–H groups in total. The van der Waals surface area contributed by atoms with Crippen molar-refractivity contribution < 1.29 is 37.6 Å². The number of halogens is 2. The summed E-state index contributed by atoms with van der Waals surface area (Å²) in [6.07, 6.45) is 8.12. The van der Waals surface area contributed by atoms with Crippen molar-refractivity contribution in [3.8, 4) is 56.8 Å². The number of nitrogens with zero attached hydrogens (tertiary/aromatic N) is 8. The predicted molar refractivity (Wildman–Crippen MR) is 336 cm³/mol. The van der Waals surface area contributed by atoms with Gasteiger partial charge in [0.05, 0.1) is 46.9 Å². The first-order chi connectivity index (χ1) is 39.9. The molecule has 0 saturated carbocycles. The molecular formula is C61H82F2N12O6Si3. The van der Waals surface area contributed by atoms with Gasteiger partial charge in [-0.05, 0) is 113 Å². The summed E-state index contributed by atoms with van der Waals surface area (Å²) in [5.41, 5.74) is 16.1. The molecule has 0 saturated heterocycles. The van der Waals surface area contributed by atoms with E-state index in [0.29, 0.717) is 75.6 Å². The number of ether oxygens (including phenoxy) is 4. The average molecular weight is 1200 g/mol. The van der Waals surface area contributed by atoms with E-state index in [4.69, 9.17) is 34.8 Å². The SMILES string of the molecule is CCc1cc(O)c(F)cc1-c1ccc2c(-c3ncc(CNC(=O)c4cnn(C)c4)[nH]3)n[nH]c2c1.CCc1cc(OCOCC[Si](C)(C)C)c(F)cc1-c1ccc2c(-c3nc(CN)cn3COCC[Si](C)(C)C)nn(COCC[Si](C)(C)C)c2c1. The third-order valence-corrected chi connectivity index (χ3v) is 19.4. The highest BCUT2D eigenvalue weighted by Gasteiger charge is 2.23. The van der Waals surface area contributed by atoms with Crippen LogP contribution in [0, 0.1) is 11.6 Å². The number of rotatable bonds is 26. The van der Waals surface area contributed by atoms with E-state index in [1.807, 2.05) is 52.7 Å². The fourth-order valence-corrected chi connectivity index (χ4v) is 11.5. The van der Waals surface area contributed by atoms with E-state index >= 15 is 4.39 Å². The number of carbonyl (C=O) groups is 1. The van der Waals surface area contributed by atoms with Crippen LogP contribution >= 0.6 is 0 Å². The Balaban J connectivity index is 0.000000234. The maximum atomic E-state index is 15.5. The second kappa shape index (κ2) is 27.3. The van der Waals surface area contributed by atoms with Crippen LogP contribution in [0.1, 0.15) is 46.7 Å². The molecule has 0 radical (unpaired) electrons. The molecule has 4 aromatic carbocycles. The zero-order valence-electron chi connectivity index (χ0n) is 50.7. The molecule has 0 aliphatic rings. The van der Waals surface area contributed by atoms with Crippen LogP contribution in [0.15, 0.2) is 85.5 Å². The van der Waals surface area contributed by atoms with Gasteiger partial charge in [0.25, 0.3) is 5.91 Å². The lowest BCUT2D eigenvalue weighted by molar-refractivity contribution is 0.0197. The number of imidazole rings is 2. The first-order valence-electron chi connectivity index (χ1n) is 28.7. The molecule has 5 heterocycles. The number of aromatic nitrogens is 10. The van der Waals surface area contributed by atoms with Gasteiger partial charge >= 0.3 is 0 Å². The van der Waals surface area contributed by atoms with Crippen LogP contribution in [0.3, 0.4) is 0 Å². The van der Waals surface area contributed by atoms with Gasteiger partial charge in [0.1, 0.15) is 24.8 Å². The number of aromatic amines is 2. The Morgan fingerprint density at radius 2 is 1.38 bits per heavy atom. The van der Waals surface area contributed by atoms with Crippen LogP contribution in [0.5, 0.6) is 11.5 Å². The molecule has 9 rings (SSSR count). The van der Waals surface area contributed by atoms with Crippen LogP contribution < -0.4 is 15.8 Å². The Bertz CT molecular complexity index is 3700. The minimum Gasteiger partial charge on any atom is -0.505 e. The molecule has 23 heteroatoms. The first-order valence-corrected chi connectivity index (χ1v) is 39.8. The molecule has 0 spiro atoms. The van der Waals surface area contributed by atoms with Crippen LogP contribution in [0.4, 0.5) is 8.78 Å². The molecule has 0 bridgehead atoms. The number of carbonyl (C=O) groups excluding carboxylic acids is 1. The lowest BCUT2D eigenvalue weighted by Gasteiger charge is -2.16. The minimum absolute atomic E-state index is 0.0283. The Morgan fingerprint density at radius 1 is 0.750 bits per heavy atom. The standard InChI is InChI=1S/C37H60FN5O4Si3.C24H22FN7O2/c1-11-28-21-35(47-27-46-16-19-50(8,9)10)33(38)22-32(28)29-12-13-31-34(20-29)43(26-45-15-18-49(5,6)7)41-36(31)37-40-30(23-39)24-42(37)25-44-14-17-48(2,3)4;1-3-13-7-21(33)19(25)8-18(13)14-4-5-17-20(6-14)30-31-22(17)23-26-10-16(29-23)11-27-24(34)15-9-28-32(2)12-15/h12-13,20-22,24H,11,14-19,23,25-27,39H2,1-10H3;4-10,12,33H,3,11H2,1-2H3,(H,26,29)(H,27,34)(H,30,31). The Morgan fingerprint density at radius 3 is 2.02 bits per heavy atom. The lowest BCUT2D eigenvalue weighted by atomic mass is 9.96. The highest BCUT2D eigenvalue weighted by molar-refractivity contribution is 6.76. The average Bonchev–Trinajstić information content (AvgIpc) is 2.22. The number of phenols is 1. The number of nitrogens with one attached hydrogen (secondary N) is 3. The van der Waals surface area contributed by atoms with Crippen molar-refractivity contribution in [2.75, 3.05) is 26.6 Å². The monoisotopic (exact) mass is 1200 g/mol. The summed E-state index contributed by atoms with van der Waals surface area (Å²) < 4.78 is 58.7. The second-order valence-corrected chi connectivity index (χ2v) is 41.6. The summed E-state index contributed by atoms with van der Waals surface area (Å²) in [4.78, 5) is 24.7. The largest absolute Gasteiger partial charge is 0.505 e. The third-order valence-electron chi connectivity index (χ3n) is 14.3. The Kier molecular flexibility index (Phi) is 20.4. The number of aromatic hydroxyl groups is 1. The van der Waals surface area contributed by atoms with E-state index in [1.54, 1.807) is 36.3 Å². The molecule has 0 aliphatic carbocycles. The van der Waals surface area contributed by atoms with Crippen LogP contribution in [0.25, 0.3) is 67.1 Å². The van der Waals surface area contributed by atoms with Crippen molar-refractivity contribution in [1.29, 1.82) is 0 Å². The minimum atomic E-state index is -1.27.